The third kappa shape index (κ3) is 4.02. The van der Waals surface area contributed by atoms with Crippen LogP contribution in [-0.2, 0) is 9.47 Å². The Morgan fingerprint density at radius 2 is 1.26 bits per heavy atom. The van der Waals surface area contributed by atoms with E-state index in [2.05, 4.69) is 52.4 Å². The number of aromatic nitrogens is 3. The lowest BCUT2D eigenvalue weighted by Gasteiger charge is -2.39. The summed E-state index contributed by atoms with van der Waals surface area (Å²) in [7, 11) is 0. The molecule has 2 aliphatic heterocycles. The molecule has 8 heteroatoms. The molecular formula is C15H24ClN5O2. The molecule has 3 rings (SSSR count). The van der Waals surface area contributed by atoms with Gasteiger partial charge in [-0.1, -0.05) is 0 Å². The molecule has 0 spiro atoms. The van der Waals surface area contributed by atoms with Gasteiger partial charge >= 0.3 is 0 Å². The Labute approximate surface area is 142 Å². The van der Waals surface area contributed by atoms with Gasteiger partial charge in [0.05, 0.1) is 24.4 Å². The van der Waals surface area contributed by atoms with Crippen LogP contribution in [0.5, 0.6) is 0 Å². The minimum Gasteiger partial charge on any atom is -0.372 e. The Balaban J connectivity index is 1.84. The van der Waals surface area contributed by atoms with E-state index in [4.69, 9.17) is 21.1 Å². The van der Waals surface area contributed by atoms with Gasteiger partial charge in [-0.25, -0.2) is 0 Å². The highest BCUT2D eigenvalue weighted by Crippen LogP contribution is 2.25. The maximum absolute atomic E-state index is 6.15. The summed E-state index contributed by atoms with van der Waals surface area (Å²) < 4.78 is 11.5. The normalized spacial score (nSPS) is 23.9. The topological polar surface area (TPSA) is 63.6 Å². The summed E-state index contributed by atoms with van der Waals surface area (Å²) in [5.41, 5.74) is -0.447. The van der Waals surface area contributed by atoms with Crippen LogP contribution in [0.4, 0.5) is 11.9 Å². The first kappa shape index (κ1) is 16.7. The molecule has 0 atom stereocenters. The third-order valence-electron chi connectivity index (χ3n) is 4.00. The number of anilines is 2. The first-order valence-electron chi connectivity index (χ1n) is 7.94. The number of hydrogen-bond acceptors (Lipinski definition) is 7. The van der Waals surface area contributed by atoms with Crippen molar-refractivity contribution in [2.24, 2.45) is 0 Å². The molecule has 0 unspecified atom stereocenters. The molecule has 7 nitrogen and oxygen atoms in total. The van der Waals surface area contributed by atoms with E-state index < -0.39 is 0 Å². The quantitative estimate of drug-likeness (QED) is 0.812. The lowest BCUT2D eigenvalue weighted by molar-refractivity contribution is -0.0285. The zero-order valence-corrected chi connectivity index (χ0v) is 14.9. The van der Waals surface area contributed by atoms with Crippen LogP contribution in [-0.4, -0.2) is 65.5 Å². The van der Waals surface area contributed by atoms with Gasteiger partial charge in [-0.15, -0.1) is 0 Å². The SMILES string of the molecule is CC1(C)CN(c2nc(Cl)nc(N3CCOC(C)(C)C3)n2)CCO1. The van der Waals surface area contributed by atoms with Crippen molar-refractivity contribution in [3.63, 3.8) is 0 Å². The smallest absolute Gasteiger partial charge is 0.231 e. The minimum atomic E-state index is -0.224. The van der Waals surface area contributed by atoms with Crippen LogP contribution in [0.15, 0.2) is 0 Å². The summed E-state index contributed by atoms with van der Waals surface area (Å²) in [4.78, 5) is 17.5. The average Bonchev–Trinajstić information content (AvgIpc) is 2.44. The van der Waals surface area contributed by atoms with E-state index in [-0.39, 0.29) is 16.5 Å². The monoisotopic (exact) mass is 341 g/mol. The van der Waals surface area contributed by atoms with E-state index in [0.29, 0.717) is 25.1 Å². The third-order valence-corrected chi connectivity index (χ3v) is 4.17. The van der Waals surface area contributed by atoms with Crippen molar-refractivity contribution < 1.29 is 9.47 Å². The van der Waals surface area contributed by atoms with Gasteiger partial charge in [-0.2, -0.15) is 15.0 Å². The van der Waals surface area contributed by atoms with Gasteiger partial charge in [0.15, 0.2) is 0 Å². The van der Waals surface area contributed by atoms with Crippen molar-refractivity contribution in [3.05, 3.63) is 5.28 Å². The molecule has 128 valence electrons. The molecular weight excluding hydrogens is 318 g/mol. The molecule has 0 aliphatic carbocycles. The van der Waals surface area contributed by atoms with Crippen molar-refractivity contribution in [2.45, 2.75) is 38.9 Å². The summed E-state index contributed by atoms with van der Waals surface area (Å²) >= 11 is 6.15. The van der Waals surface area contributed by atoms with Crippen molar-refractivity contribution in [3.8, 4) is 0 Å². The van der Waals surface area contributed by atoms with Crippen LogP contribution >= 0.6 is 11.6 Å². The number of nitrogens with zero attached hydrogens (tertiary/aromatic N) is 5. The molecule has 0 N–H and O–H groups in total. The Hall–Kier alpha value is -1.18. The fourth-order valence-corrected chi connectivity index (χ4v) is 3.14. The zero-order valence-electron chi connectivity index (χ0n) is 14.2. The van der Waals surface area contributed by atoms with Gasteiger partial charge in [0.2, 0.25) is 17.2 Å². The van der Waals surface area contributed by atoms with Crippen LogP contribution in [0, 0.1) is 0 Å². The molecule has 2 saturated heterocycles. The second kappa shape index (κ2) is 6.03. The van der Waals surface area contributed by atoms with Gasteiger partial charge in [0.25, 0.3) is 0 Å². The van der Waals surface area contributed by atoms with Crippen LogP contribution in [0.2, 0.25) is 5.28 Å². The molecule has 0 aromatic carbocycles. The van der Waals surface area contributed by atoms with E-state index >= 15 is 0 Å². The second-order valence-electron chi connectivity index (χ2n) is 7.26. The number of hydrogen-bond donors (Lipinski definition) is 0. The Bertz CT molecular complexity index is 535. The van der Waals surface area contributed by atoms with Crippen LogP contribution in [0.25, 0.3) is 0 Å². The summed E-state index contributed by atoms with van der Waals surface area (Å²) in [5.74, 6) is 1.22. The highest BCUT2D eigenvalue weighted by molar-refractivity contribution is 6.28. The lowest BCUT2D eigenvalue weighted by Crippen LogP contribution is -2.50. The molecule has 0 radical (unpaired) electrons. The van der Waals surface area contributed by atoms with Gasteiger partial charge < -0.3 is 19.3 Å². The van der Waals surface area contributed by atoms with Crippen molar-refractivity contribution >= 4 is 23.5 Å². The fraction of sp³-hybridized carbons (Fsp3) is 0.800. The van der Waals surface area contributed by atoms with Crippen molar-refractivity contribution in [2.75, 3.05) is 49.2 Å². The van der Waals surface area contributed by atoms with Crippen molar-refractivity contribution in [1.82, 2.24) is 15.0 Å². The number of rotatable bonds is 2. The van der Waals surface area contributed by atoms with E-state index in [1.807, 2.05) is 0 Å². The van der Waals surface area contributed by atoms with Crippen molar-refractivity contribution in [1.29, 1.82) is 0 Å². The van der Waals surface area contributed by atoms with E-state index in [1.54, 1.807) is 0 Å². The standard InChI is InChI=1S/C15H24ClN5O2/c1-14(2)9-20(5-7-22-14)12-17-11(16)18-13(19-12)21-6-8-23-15(3,4)10-21/h5-10H2,1-4H3. The maximum atomic E-state index is 6.15. The predicted molar refractivity (Wildman–Crippen MR) is 89.3 cm³/mol. The molecule has 3 heterocycles. The van der Waals surface area contributed by atoms with Gasteiger partial charge in [-0.3, -0.25) is 0 Å². The number of ether oxygens (including phenoxy) is 2. The van der Waals surface area contributed by atoms with Crippen LogP contribution < -0.4 is 9.80 Å². The van der Waals surface area contributed by atoms with Gasteiger partial charge in [-0.05, 0) is 39.3 Å². The van der Waals surface area contributed by atoms with E-state index in [9.17, 15) is 0 Å². The van der Waals surface area contributed by atoms with E-state index in [1.165, 1.54) is 0 Å². The largest absolute Gasteiger partial charge is 0.372 e. The first-order valence-corrected chi connectivity index (χ1v) is 8.31. The molecule has 2 fully saturated rings. The molecule has 1 aromatic rings. The predicted octanol–water partition coefficient (Wildman–Crippen LogP) is 1.76. The second-order valence-corrected chi connectivity index (χ2v) is 7.60. The summed E-state index contributed by atoms with van der Waals surface area (Å²) in [6.45, 7) is 12.5. The molecule has 2 aliphatic rings. The average molecular weight is 342 g/mol. The molecule has 0 bridgehead atoms. The maximum Gasteiger partial charge on any atom is 0.231 e. The molecule has 0 amide bonds. The summed E-state index contributed by atoms with van der Waals surface area (Å²) in [5, 5.41) is 0.221. The minimum absolute atomic E-state index is 0.221. The van der Waals surface area contributed by atoms with Gasteiger partial charge in [0.1, 0.15) is 0 Å². The lowest BCUT2D eigenvalue weighted by atomic mass is 10.1. The highest BCUT2D eigenvalue weighted by Gasteiger charge is 2.31. The number of morpholine rings is 2. The van der Waals surface area contributed by atoms with Crippen LogP contribution in [0.3, 0.4) is 0 Å². The Kier molecular flexibility index (Phi) is 4.37. The molecule has 0 saturated carbocycles. The zero-order chi connectivity index (χ0) is 16.7. The first-order chi connectivity index (χ1) is 10.7. The van der Waals surface area contributed by atoms with Gasteiger partial charge in [0, 0.05) is 26.2 Å². The molecule has 23 heavy (non-hydrogen) atoms. The molecule has 1 aromatic heterocycles. The fourth-order valence-electron chi connectivity index (χ4n) is 2.99. The summed E-state index contributed by atoms with van der Waals surface area (Å²) in [6.07, 6.45) is 0. The summed E-state index contributed by atoms with van der Waals surface area (Å²) in [6, 6.07) is 0. The number of halogens is 1. The van der Waals surface area contributed by atoms with E-state index in [0.717, 1.165) is 26.2 Å². The Morgan fingerprint density at radius 3 is 1.65 bits per heavy atom. The Morgan fingerprint density at radius 1 is 0.826 bits per heavy atom. The highest BCUT2D eigenvalue weighted by atomic mass is 35.5. The van der Waals surface area contributed by atoms with Crippen LogP contribution in [0.1, 0.15) is 27.7 Å².